The first-order chi connectivity index (χ1) is 9.45. The lowest BCUT2D eigenvalue weighted by Gasteiger charge is -2.08. The highest BCUT2D eigenvalue weighted by Gasteiger charge is 2.15. The van der Waals surface area contributed by atoms with Gasteiger partial charge >= 0.3 is 0 Å². The van der Waals surface area contributed by atoms with Gasteiger partial charge in [0.05, 0.1) is 18.9 Å². The van der Waals surface area contributed by atoms with E-state index in [0.717, 1.165) is 13.0 Å². The molecule has 20 heavy (non-hydrogen) atoms. The summed E-state index contributed by atoms with van der Waals surface area (Å²) in [5.41, 5.74) is 0. The van der Waals surface area contributed by atoms with E-state index < -0.39 is 10.0 Å². The molecule has 0 unspecified atom stereocenters. The van der Waals surface area contributed by atoms with E-state index in [9.17, 15) is 8.42 Å². The van der Waals surface area contributed by atoms with Crippen molar-refractivity contribution in [2.75, 3.05) is 26.7 Å². The van der Waals surface area contributed by atoms with Crippen LogP contribution in [-0.4, -0.2) is 51.0 Å². The van der Waals surface area contributed by atoms with Crippen molar-refractivity contribution in [1.29, 1.82) is 0 Å². The van der Waals surface area contributed by atoms with Gasteiger partial charge in [-0.25, -0.2) is 13.1 Å². The quantitative estimate of drug-likeness (QED) is 0.603. The summed E-state index contributed by atoms with van der Waals surface area (Å²) in [7, 11) is -1.62. The van der Waals surface area contributed by atoms with Gasteiger partial charge in [0.2, 0.25) is 10.0 Å². The Morgan fingerprint density at radius 3 is 2.80 bits per heavy atom. The van der Waals surface area contributed by atoms with Crippen LogP contribution in [0.15, 0.2) is 17.3 Å². The molecule has 1 aromatic heterocycles. The lowest BCUT2D eigenvalue weighted by Crippen LogP contribution is -2.28. The fourth-order valence-electron chi connectivity index (χ4n) is 1.58. The molecule has 0 aromatic carbocycles. The van der Waals surface area contributed by atoms with E-state index in [-0.39, 0.29) is 17.5 Å². The maximum atomic E-state index is 12.0. The largest absolute Gasteiger partial charge is 0.377 e. The molecule has 8 heteroatoms. The molecular formula is C12H24N4O3S. The van der Waals surface area contributed by atoms with Crippen molar-refractivity contribution in [3.8, 4) is 0 Å². The molecule has 0 aliphatic rings. The predicted octanol–water partition coefficient (Wildman–Crippen LogP) is 0.196. The van der Waals surface area contributed by atoms with E-state index in [0.29, 0.717) is 13.2 Å². The fourth-order valence-corrected chi connectivity index (χ4v) is 2.54. The van der Waals surface area contributed by atoms with Crippen LogP contribution < -0.4 is 10.0 Å². The molecule has 1 rings (SSSR count). The molecule has 116 valence electrons. The summed E-state index contributed by atoms with van der Waals surface area (Å²) in [6.07, 6.45) is 3.90. The normalized spacial score (nSPS) is 12.2. The number of sulfonamides is 1. The molecule has 7 nitrogen and oxygen atoms in total. The van der Waals surface area contributed by atoms with E-state index in [1.54, 1.807) is 10.9 Å². The number of hydrogen-bond donors (Lipinski definition) is 2. The van der Waals surface area contributed by atoms with Gasteiger partial charge in [-0.05, 0) is 33.9 Å². The molecule has 1 aromatic rings. The van der Waals surface area contributed by atoms with Gasteiger partial charge in [-0.2, -0.15) is 5.10 Å². The van der Waals surface area contributed by atoms with Crippen LogP contribution in [0.5, 0.6) is 0 Å². The van der Waals surface area contributed by atoms with Crippen molar-refractivity contribution in [2.45, 2.75) is 37.8 Å². The van der Waals surface area contributed by atoms with E-state index in [1.807, 2.05) is 20.9 Å². The standard InChI is InChI=1S/C12H24N4O3S/c1-11(2)19-8-6-15-20(17,18)12-9-14-16(10-12)7-4-5-13-3/h9-11,13,15H,4-8H2,1-3H3. The molecule has 0 aliphatic carbocycles. The average molecular weight is 304 g/mol. The molecule has 0 radical (unpaired) electrons. The number of aromatic nitrogens is 2. The van der Waals surface area contributed by atoms with Gasteiger partial charge in [-0.1, -0.05) is 0 Å². The number of rotatable bonds is 10. The van der Waals surface area contributed by atoms with Crippen LogP contribution in [0.25, 0.3) is 0 Å². The summed E-state index contributed by atoms with van der Waals surface area (Å²) >= 11 is 0. The van der Waals surface area contributed by atoms with Crippen LogP contribution in [0.2, 0.25) is 0 Å². The van der Waals surface area contributed by atoms with E-state index in [4.69, 9.17) is 4.74 Å². The molecule has 2 N–H and O–H groups in total. The summed E-state index contributed by atoms with van der Waals surface area (Å²) in [6.45, 7) is 5.98. The summed E-state index contributed by atoms with van der Waals surface area (Å²) in [4.78, 5) is 0.187. The molecule has 0 aliphatic heterocycles. The highest BCUT2D eigenvalue weighted by atomic mass is 32.2. The van der Waals surface area contributed by atoms with Gasteiger partial charge in [0.25, 0.3) is 0 Å². The van der Waals surface area contributed by atoms with Gasteiger partial charge in [0.15, 0.2) is 0 Å². The average Bonchev–Trinajstić information content (AvgIpc) is 2.84. The zero-order valence-electron chi connectivity index (χ0n) is 12.3. The molecular weight excluding hydrogens is 280 g/mol. The van der Waals surface area contributed by atoms with Crippen molar-refractivity contribution in [2.24, 2.45) is 0 Å². The zero-order chi connectivity index (χ0) is 15.0. The Kier molecular flexibility index (Phi) is 7.14. The Morgan fingerprint density at radius 2 is 2.15 bits per heavy atom. The minimum atomic E-state index is -3.50. The van der Waals surface area contributed by atoms with Gasteiger partial charge in [0.1, 0.15) is 4.90 Å². The third-order valence-corrected chi connectivity index (χ3v) is 3.99. The summed E-state index contributed by atoms with van der Waals surface area (Å²) in [5.74, 6) is 0. The van der Waals surface area contributed by atoms with Crippen LogP contribution >= 0.6 is 0 Å². The van der Waals surface area contributed by atoms with E-state index in [1.165, 1.54) is 6.20 Å². The second-order valence-corrected chi connectivity index (χ2v) is 6.48. The molecule has 1 heterocycles. The second-order valence-electron chi connectivity index (χ2n) is 4.71. The number of nitrogens with one attached hydrogen (secondary N) is 2. The van der Waals surface area contributed by atoms with E-state index >= 15 is 0 Å². The molecule has 0 amide bonds. The Morgan fingerprint density at radius 1 is 1.40 bits per heavy atom. The smallest absolute Gasteiger partial charge is 0.243 e. The first-order valence-corrected chi connectivity index (χ1v) is 8.22. The Hall–Kier alpha value is -0.960. The third-order valence-electron chi connectivity index (χ3n) is 2.58. The predicted molar refractivity (Wildman–Crippen MR) is 77.0 cm³/mol. The van der Waals surface area contributed by atoms with Crippen LogP contribution in [0.3, 0.4) is 0 Å². The van der Waals surface area contributed by atoms with Crippen molar-refractivity contribution >= 4 is 10.0 Å². The Bertz CT molecular complexity index is 485. The zero-order valence-corrected chi connectivity index (χ0v) is 13.1. The molecule has 0 bridgehead atoms. The minimum absolute atomic E-state index is 0.0921. The lowest BCUT2D eigenvalue weighted by atomic mass is 10.4. The fraction of sp³-hybridized carbons (Fsp3) is 0.750. The molecule has 0 atom stereocenters. The van der Waals surface area contributed by atoms with Gasteiger partial charge in [0, 0.05) is 19.3 Å². The first kappa shape index (κ1) is 17.1. The second kappa shape index (κ2) is 8.35. The molecule has 0 saturated carbocycles. The van der Waals surface area contributed by atoms with Crippen molar-refractivity contribution in [3.63, 3.8) is 0 Å². The maximum Gasteiger partial charge on any atom is 0.243 e. The SMILES string of the molecule is CNCCCn1cc(S(=O)(=O)NCCOC(C)C)cn1. The van der Waals surface area contributed by atoms with Crippen LogP contribution in [-0.2, 0) is 21.3 Å². The monoisotopic (exact) mass is 304 g/mol. The number of hydrogen-bond acceptors (Lipinski definition) is 5. The number of aryl methyl sites for hydroxylation is 1. The van der Waals surface area contributed by atoms with Gasteiger partial charge in [-0.3, -0.25) is 4.68 Å². The van der Waals surface area contributed by atoms with Crippen LogP contribution in [0.1, 0.15) is 20.3 Å². The molecule has 0 fully saturated rings. The highest BCUT2D eigenvalue weighted by Crippen LogP contribution is 2.06. The van der Waals surface area contributed by atoms with E-state index in [2.05, 4.69) is 15.1 Å². The summed E-state index contributed by atoms with van der Waals surface area (Å²) < 4.78 is 33.4. The van der Waals surface area contributed by atoms with Crippen molar-refractivity contribution < 1.29 is 13.2 Å². The third kappa shape index (κ3) is 6.00. The maximum absolute atomic E-state index is 12.0. The van der Waals surface area contributed by atoms with Crippen molar-refractivity contribution in [3.05, 3.63) is 12.4 Å². The Balaban J connectivity index is 2.46. The van der Waals surface area contributed by atoms with Gasteiger partial charge in [-0.15, -0.1) is 0 Å². The lowest BCUT2D eigenvalue weighted by molar-refractivity contribution is 0.0834. The molecule has 0 saturated heterocycles. The minimum Gasteiger partial charge on any atom is -0.377 e. The number of nitrogens with zero attached hydrogens (tertiary/aromatic N) is 2. The number of ether oxygens (including phenoxy) is 1. The van der Waals surface area contributed by atoms with Crippen LogP contribution in [0.4, 0.5) is 0 Å². The van der Waals surface area contributed by atoms with Crippen molar-refractivity contribution in [1.82, 2.24) is 19.8 Å². The summed E-state index contributed by atoms with van der Waals surface area (Å²) in [6, 6.07) is 0. The summed E-state index contributed by atoms with van der Waals surface area (Å²) in [5, 5.41) is 7.08. The topological polar surface area (TPSA) is 85.2 Å². The Labute approximate surface area is 120 Å². The van der Waals surface area contributed by atoms with Crippen LogP contribution in [0, 0.1) is 0 Å². The first-order valence-electron chi connectivity index (χ1n) is 6.74. The van der Waals surface area contributed by atoms with Gasteiger partial charge < -0.3 is 10.1 Å². The molecule has 0 spiro atoms. The highest BCUT2D eigenvalue weighted by molar-refractivity contribution is 7.89.